The smallest absolute Gasteiger partial charge is 0.344 e. The Morgan fingerprint density at radius 2 is 1.71 bits per heavy atom. The molecule has 0 unspecified atom stereocenters. The molecule has 3 rings (SSSR count). The second-order valence-corrected chi connectivity index (χ2v) is 5.25. The zero-order valence-electron chi connectivity index (χ0n) is 11.1. The number of alkyl halides is 3. The van der Waals surface area contributed by atoms with Gasteiger partial charge < -0.3 is 4.57 Å². The molecular formula is C16H11ClF3N. The molecule has 5 heteroatoms. The largest absolute Gasteiger partial charge is 0.416 e. The van der Waals surface area contributed by atoms with Gasteiger partial charge in [-0.15, -0.1) is 0 Å². The molecule has 0 fully saturated rings. The van der Waals surface area contributed by atoms with Gasteiger partial charge in [-0.25, -0.2) is 0 Å². The summed E-state index contributed by atoms with van der Waals surface area (Å²) in [7, 11) is 1.81. The Hall–Kier alpha value is -1.94. The van der Waals surface area contributed by atoms with E-state index in [1.54, 1.807) is 0 Å². The molecule has 1 heterocycles. The minimum absolute atomic E-state index is 0.300. The van der Waals surface area contributed by atoms with E-state index >= 15 is 0 Å². The molecule has 0 saturated carbocycles. The Bertz CT molecular complexity index is 818. The molecule has 3 aromatic rings. The van der Waals surface area contributed by atoms with E-state index in [0.29, 0.717) is 16.3 Å². The van der Waals surface area contributed by atoms with E-state index < -0.39 is 11.7 Å². The van der Waals surface area contributed by atoms with E-state index in [1.165, 1.54) is 6.07 Å². The SMILES string of the molecule is Cn1c(-c2cc(C(F)(F)F)ccc2Cl)cc2ccccc21. The number of para-hydroxylation sites is 1. The highest BCUT2D eigenvalue weighted by atomic mass is 35.5. The highest BCUT2D eigenvalue weighted by Gasteiger charge is 2.31. The second kappa shape index (κ2) is 4.81. The monoisotopic (exact) mass is 309 g/mol. The van der Waals surface area contributed by atoms with Crippen LogP contribution in [0.4, 0.5) is 13.2 Å². The molecule has 0 spiro atoms. The third-order valence-corrected chi connectivity index (χ3v) is 3.85. The molecule has 0 aliphatic heterocycles. The zero-order chi connectivity index (χ0) is 15.2. The fourth-order valence-electron chi connectivity index (χ4n) is 2.45. The molecule has 0 bridgehead atoms. The summed E-state index contributed by atoms with van der Waals surface area (Å²) < 4.78 is 40.5. The lowest BCUT2D eigenvalue weighted by Gasteiger charge is -2.11. The first-order valence-electron chi connectivity index (χ1n) is 6.29. The topological polar surface area (TPSA) is 4.93 Å². The molecule has 0 aliphatic carbocycles. The van der Waals surface area contributed by atoms with Crippen molar-refractivity contribution in [1.29, 1.82) is 0 Å². The summed E-state index contributed by atoms with van der Waals surface area (Å²) in [5, 5.41) is 1.26. The molecule has 0 radical (unpaired) electrons. The highest BCUT2D eigenvalue weighted by molar-refractivity contribution is 6.33. The number of halogens is 4. The van der Waals surface area contributed by atoms with Gasteiger partial charge >= 0.3 is 6.18 Å². The number of hydrogen-bond acceptors (Lipinski definition) is 0. The van der Waals surface area contributed by atoms with Crippen LogP contribution in [0.3, 0.4) is 0 Å². The van der Waals surface area contributed by atoms with Crippen LogP contribution in [0.2, 0.25) is 5.02 Å². The maximum atomic E-state index is 12.9. The first kappa shape index (κ1) is 14.0. The minimum Gasteiger partial charge on any atom is -0.344 e. The zero-order valence-corrected chi connectivity index (χ0v) is 11.8. The van der Waals surface area contributed by atoms with Gasteiger partial charge in [-0.2, -0.15) is 13.2 Å². The van der Waals surface area contributed by atoms with Crippen molar-refractivity contribution in [3.05, 3.63) is 59.1 Å². The second-order valence-electron chi connectivity index (χ2n) is 4.84. The Kier molecular flexibility index (Phi) is 3.21. The highest BCUT2D eigenvalue weighted by Crippen LogP contribution is 2.37. The van der Waals surface area contributed by atoms with Crippen molar-refractivity contribution in [2.45, 2.75) is 6.18 Å². The third kappa shape index (κ3) is 2.40. The molecule has 1 aromatic heterocycles. The number of hydrogen-bond donors (Lipinski definition) is 0. The maximum Gasteiger partial charge on any atom is 0.416 e. The lowest BCUT2D eigenvalue weighted by molar-refractivity contribution is -0.137. The van der Waals surface area contributed by atoms with Crippen LogP contribution in [0.1, 0.15) is 5.56 Å². The number of fused-ring (bicyclic) bond motifs is 1. The predicted octanol–water partition coefficient (Wildman–Crippen LogP) is 5.52. The van der Waals surface area contributed by atoms with Crippen molar-refractivity contribution < 1.29 is 13.2 Å². The molecule has 21 heavy (non-hydrogen) atoms. The Morgan fingerprint density at radius 1 is 1.00 bits per heavy atom. The van der Waals surface area contributed by atoms with Crippen molar-refractivity contribution in [2.24, 2.45) is 7.05 Å². The van der Waals surface area contributed by atoms with Crippen LogP contribution < -0.4 is 0 Å². The van der Waals surface area contributed by atoms with Gasteiger partial charge in [-0.05, 0) is 30.3 Å². The Labute approximate surface area is 124 Å². The minimum atomic E-state index is -4.38. The van der Waals surface area contributed by atoms with Crippen LogP contribution in [-0.2, 0) is 13.2 Å². The van der Waals surface area contributed by atoms with Gasteiger partial charge in [0.1, 0.15) is 0 Å². The lowest BCUT2D eigenvalue weighted by Crippen LogP contribution is -2.05. The molecule has 2 aromatic carbocycles. The number of rotatable bonds is 1. The molecule has 0 N–H and O–H groups in total. The van der Waals surface area contributed by atoms with Crippen molar-refractivity contribution in [3.8, 4) is 11.3 Å². The van der Waals surface area contributed by atoms with Gasteiger partial charge in [0.05, 0.1) is 11.3 Å². The van der Waals surface area contributed by atoms with Gasteiger partial charge in [0.2, 0.25) is 0 Å². The first-order valence-corrected chi connectivity index (χ1v) is 6.67. The molecule has 0 saturated heterocycles. The normalized spacial score (nSPS) is 12.0. The summed E-state index contributed by atoms with van der Waals surface area (Å²) in [4.78, 5) is 0. The van der Waals surface area contributed by atoms with Gasteiger partial charge in [0.25, 0.3) is 0 Å². The Morgan fingerprint density at radius 3 is 2.38 bits per heavy atom. The van der Waals surface area contributed by atoms with Gasteiger partial charge in [0, 0.05) is 28.5 Å². The maximum absolute atomic E-state index is 12.9. The van der Waals surface area contributed by atoms with Crippen LogP contribution in [0, 0.1) is 0 Å². The summed E-state index contributed by atoms with van der Waals surface area (Å²) in [5.74, 6) is 0. The van der Waals surface area contributed by atoms with Crippen LogP contribution in [0.25, 0.3) is 22.2 Å². The standard InChI is InChI=1S/C16H11ClF3N/c1-21-14-5-3-2-4-10(14)8-15(21)12-9-11(16(18,19)20)6-7-13(12)17/h2-9H,1H3. The summed E-state index contributed by atoms with van der Waals surface area (Å²) >= 11 is 6.10. The fourth-order valence-corrected chi connectivity index (χ4v) is 2.66. The van der Waals surface area contributed by atoms with Crippen molar-refractivity contribution in [2.75, 3.05) is 0 Å². The lowest BCUT2D eigenvalue weighted by atomic mass is 10.1. The van der Waals surface area contributed by atoms with E-state index in [0.717, 1.165) is 23.0 Å². The summed E-state index contributed by atoms with van der Waals surface area (Å²) in [6, 6.07) is 12.8. The van der Waals surface area contributed by atoms with Crippen molar-refractivity contribution in [3.63, 3.8) is 0 Å². The van der Waals surface area contributed by atoms with E-state index in [1.807, 2.05) is 41.9 Å². The first-order chi connectivity index (χ1) is 9.88. The third-order valence-electron chi connectivity index (χ3n) is 3.52. The van der Waals surface area contributed by atoms with E-state index in [2.05, 4.69) is 0 Å². The molecule has 0 amide bonds. The molecule has 108 valence electrons. The van der Waals surface area contributed by atoms with Crippen LogP contribution in [-0.4, -0.2) is 4.57 Å². The average molecular weight is 310 g/mol. The van der Waals surface area contributed by atoms with E-state index in [9.17, 15) is 13.2 Å². The number of benzene rings is 2. The summed E-state index contributed by atoms with van der Waals surface area (Å²) in [6.07, 6.45) is -4.38. The van der Waals surface area contributed by atoms with Crippen molar-refractivity contribution >= 4 is 22.5 Å². The molecule has 0 atom stereocenters. The van der Waals surface area contributed by atoms with Crippen molar-refractivity contribution in [1.82, 2.24) is 4.57 Å². The molecular weight excluding hydrogens is 299 g/mol. The van der Waals surface area contributed by atoms with Crippen LogP contribution in [0.15, 0.2) is 48.5 Å². The van der Waals surface area contributed by atoms with E-state index in [4.69, 9.17) is 11.6 Å². The van der Waals surface area contributed by atoms with Gasteiger partial charge in [0.15, 0.2) is 0 Å². The molecule has 0 aliphatic rings. The number of nitrogens with zero attached hydrogens (tertiary/aromatic N) is 1. The van der Waals surface area contributed by atoms with Crippen LogP contribution >= 0.6 is 11.6 Å². The summed E-state index contributed by atoms with van der Waals surface area (Å²) in [6.45, 7) is 0. The number of aryl methyl sites for hydroxylation is 1. The Balaban J connectivity index is 2.25. The fraction of sp³-hybridized carbons (Fsp3) is 0.125. The van der Waals surface area contributed by atoms with Gasteiger partial charge in [-0.1, -0.05) is 29.8 Å². The molecule has 1 nitrogen and oxygen atoms in total. The average Bonchev–Trinajstić information content (AvgIpc) is 2.76. The number of aromatic nitrogens is 1. The van der Waals surface area contributed by atoms with E-state index in [-0.39, 0.29) is 0 Å². The quantitative estimate of drug-likeness (QED) is 0.558. The van der Waals surface area contributed by atoms with Crippen LogP contribution in [0.5, 0.6) is 0 Å². The van der Waals surface area contributed by atoms with Gasteiger partial charge in [-0.3, -0.25) is 0 Å². The summed E-state index contributed by atoms with van der Waals surface area (Å²) in [5.41, 5.74) is 1.28. The predicted molar refractivity (Wildman–Crippen MR) is 78.4 cm³/mol.